The second-order valence-corrected chi connectivity index (χ2v) is 3.03. The Labute approximate surface area is 73.0 Å². The molecule has 0 atom stereocenters. The highest BCUT2D eigenvalue weighted by molar-refractivity contribution is 9.10. The van der Waals surface area contributed by atoms with Gasteiger partial charge in [0.25, 0.3) is 0 Å². The van der Waals surface area contributed by atoms with Crippen LogP contribution in [0.1, 0.15) is 15.9 Å². The van der Waals surface area contributed by atoms with Gasteiger partial charge in [0.15, 0.2) is 0 Å². The van der Waals surface area contributed by atoms with Gasteiger partial charge in [-0.15, -0.1) is 0 Å². The van der Waals surface area contributed by atoms with E-state index in [-0.39, 0.29) is 6.61 Å². The SMILES string of the molecule is O=Cc1ccc(Br)cc1CO. The molecule has 0 radical (unpaired) electrons. The van der Waals surface area contributed by atoms with E-state index < -0.39 is 0 Å². The molecule has 11 heavy (non-hydrogen) atoms. The molecule has 1 aromatic carbocycles. The maximum absolute atomic E-state index is 10.4. The standard InChI is InChI=1S/C8H7BrO2/c9-8-2-1-6(4-10)7(3-8)5-11/h1-4,11H,5H2. The number of benzene rings is 1. The molecule has 0 saturated carbocycles. The van der Waals surface area contributed by atoms with Gasteiger partial charge >= 0.3 is 0 Å². The molecule has 0 heterocycles. The van der Waals surface area contributed by atoms with Crippen molar-refractivity contribution >= 4 is 22.2 Å². The van der Waals surface area contributed by atoms with Crippen molar-refractivity contribution in [3.8, 4) is 0 Å². The molecule has 0 aliphatic carbocycles. The highest BCUT2D eigenvalue weighted by atomic mass is 79.9. The van der Waals surface area contributed by atoms with Crippen LogP contribution < -0.4 is 0 Å². The number of carbonyl (C=O) groups is 1. The molecule has 1 rings (SSSR count). The summed E-state index contributed by atoms with van der Waals surface area (Å²) in [4.78, 5) is 10.4. The summed E-state index contributed by atoms with van der Waals surface area (Å²) in [5, 5.41) is 8.79. The predicted octanol–water partition coefficient (Wildman–Crippen LogP) is 1.75. The molecule has 3 heteroatoms. The zero-order valence-corrected chi connectivity index (χ0v) is 7.34. The van der Waals surface area contributed by atoms with E-state index in [0.29, 0.717) is 11.1 Å². The van der Waals surface area contributed by atoms with Gasteiger partial charge in [-0.2, -0.15) is 0 Å². The van der Waals surface area contributed by atoms with Gasteiger partial charge in [-0.3, -0.25) is 4.79 Å². The van der Waals surface area contributed by atoms with Crippen LogP contribution in [-0.2, 0) is 6.61 Å². The van der Waals surface area contributed by atoms with Crippen molar-refractivity contribution in [1.82, 2.24) is 0 Å². The number of aldehydes is 1. The first kappa shape index (κ1) is 8.43. The van der Waals surface area contributed by atoms with Gasteiger partial charge in [-0.25, -0.2) is 0 Å². The number of hydrogen-bond donors (Lipinski definition) is 1. The Balaban J connectivity index is 3.16. The number of halogens is 1. The van der Waals surface area contributed by atoms with Gasteiger partial charge in [0.05, 0.1) is 6.61 Å². The molecule has 2 nitrogen and oxygen atoms in total. The number of aliphatic hydroxyl groups excluding tert-OH is 1. The van der Waals surface area contributed by atoms with Crippen LogP contribution in [0.5, 0.6) is 0 Å². The Bertz CT molecular complexity index is 271. The molecule has 0 aliphatic rings. The number of rotatable bonds is 2. The molecule has 0 saturated heterocycles. The minimum atomic E-state index is -0.104. The molecule has 0 unspecified atom stereocenters. The van der Waals surface area contributed by atoms with E-state index in [2.05, 4.69) is 15.9 Å². The van der Waals surface area contributed by atoms with Crippen LogP contribution in [-0.4, -0.2) is 11.4 Å². The van der Waals surface area contributed by atoms with E-state index in [1.54, 1.807) is 18.2 Å². The zero-order valence-electron chi connectivity index (χ0n) is 5.75. The van der Waals surface area contributed by atoms with E-state index in [4.69, 9.17) is 5.11 Å². The fraction of sp³-hybridized carbons (Fsp3) is 0.125. The van der Waals surface area contributed by atoms with Crippen LogP contribution in [0.25, 0.3) is 0 Å². The lowest BCUT2D eigenvalue weighted by atomic mass is 10.1. The van der Waals surface area contributed by atoms with Gasteiger partial charge < -0.3 is 5.11 Å². The quantitative estimate of drug-likeness (QED) is 0.763. The van der Waals surface area contributed by atoms with Crippen molar-refractivity contribution < 1.29 is 9.90 Å². The zero-order chi connectivity index (χ0) is 8.27. The van der Waals surface area contributed by atoms with Crippen LogP contribution in [0.4, 0.5) is 0 Å². The molecule has 0 amide bonds. The lowest BCUT2D eigenvalue weighted by molar-refractivity contribution is 0.112. The highest BCUT2D eigenvalue weighted by Gasteiger charge is 1.99. The third-order valence-electron chi connectivity index (χ3n) is 1.40. The summed E-state index contributed by atoms with van der Waals surface area (Å²) in [5.74, 6) is 0. The van der Waals surface area contributed by atoms with E-state index in [1.807, 2.05) is 0 Å². The summed E-state index contributed by atoms with van der Waals surface area (Å²) in [7, 11) is 0. The van der Waals surface area contributed by atoms with Crippen LogP contribution in [0, 0.1) is 0 Å². The fourth-order valence-electron chi connectivity index (χ4n) is 0.826. The highest BCUT2D eigenvalue weighted by Crippen LogP contribution is 2.15. The lowest BCUT2D eigenvalue weighted by Crippen LogP contribution is -1.91. The summed E-state index contributed by atoms with van der Waals surface area (Å²) in [6, 6.07) is 5.16. The molecule has 58 valence electrons. The van der Waals surface area contributed by atoms with Crippen molar-refractivity contribution in [2.75, 3.05) is 0 Å². The van der Waals surface area contributed by atoms with Gasteiger partial charge in [-0.05, 0) is 17.7 Å². The molecule has 0 spiro atoms. The molecular formula is C8H7BrO2. The molecule has 1 aromatic rings. The van der Waals surface area contributed by atoms with Gasteiger partial charge in [0.2, 0.25) is 0 Å². The number of hydrogen-bond acceptors (Lipinski definition) is 2. The van der Waals surface area contributed by atoms with Crippen molar-refractivity contribution in [3.63, 3.8) is 0 Å². The number of carbonyl (C=O) groups excluding carboxylic acids is 1. The Morgan fingerprint density at radius 2 is 2.27 bits per heavy atom. The Morgan fingerprint density at radius 1 is 1.55 bits per heavy atom. The Kier molecular flexibility index (Phi) is 2.79. The van der Waals surface area contributed by atoms with E-state index in [9.17, 15) is 4.79 Å². The first-order valence-corrected chi connectivity index (χ1v) is 3.91. The normalized spacial score (nSPS) is 9.64. The third kappa shape index (κ3) is 1.88. The molecule has 0 aliphatic heterocycles. The summed E-state index contributed by atoms with van der Waals surface area (Å²) >= 11 is 3.24. The summed E-state index contributed by atoms with van der Waals surface area (Å²) in [6.07, 6.45) is 0.734. The van der Waals surface area contributed by atoms with Gasteiger partial charge in [0.1, 0.15) is 6.29 Å². The van der Waals surface area contributed by atoms with Crippen molar-refractivity contribution in [3.05, 3.63) is 33.8 Å². The second kappa shape index (κ2) is 3.64. The lowest BCUT2D eigenvalue weighted by Gasteiger charge is -1.99. The van der Waals surface area contributed by atoms with Gasteiger partial charge in [0, 0.05) is 10.0 Å². The number of aliphatic hydroxyl groups is 1. The molecule has 0 bridgehead atoms. The maximum Gasteiger partial charge on any atom is 0.150 e. The Morgan fingerprint density at radius 3 is 2.82 bits per heavy atom. The van der Waals surface area contributed by atoms with Crippen LogP contribution in [0.2, 0.25) is 0 Å². The smallest absolute Gasteiger partial charge is 0.150 e. The Hall–Kier alpha value is -0.670. The molecule has 1 N–H and O–H groups in total. The minimum Gasteiger partial charge on any atom is -0.392 e. The molecule has 0 aromatic heterocycles. The van der Waals surface area contributed by atoms with Crippen molar-refractivity contribution in [1.29, 1.82) is 0 Å². The average Bonchev–Trinajstić information content (AvgIpc) is 2.04. The summed E-state index contributed by atoms with van der Waals surface area (Å²) < 4.78 is 0.868. The second-order valence-electron chi connectivity index (χ2n) is 2.12. The largest absolute Gasteiger partial charge is 0.392 e. The van der Waals surface area contributed by atoms with Crippen LogP contribution in [0.15, 0.2) is 22.7 Å². The van der Waals surface area contributed by atoms with Crippen molar-refractivity contribution in [2.45, 2.75) is 6.61 Å². The average molecular weight is 215 g/mol. The minimum absolute atomic E-state index is 0.104. The molecular weight excluding hydrogens is 208 g/mol. The summed E-state index contributed by atoms with van der Waals surface area (Å²) in [5.41, 5.74) is 1.19. The van der Waals surface area contributed by atoms with Crippen LogP contribution in [0.3, 0.4) is 0 Å². The van der Waals surface area contributed by atoms with E-state index in [1.165, 1.54) is 0 Å². The van der Waals surface area contributed by atoms with Crippen molar-refractivity contribution in [2.24, 2.45) is 0 Å². The predicted molar refractivity (Wildman–Crippen MR) is 45.5 cm³/mol. The van der Waals surface area contributed by atoms with E-state index in [0.717, 1.165) is 10.8 Å². The molecule has 0 fully saturated rings. The third-order valence-corrected chi connectivity index (χ3v) is 1.90. The monoisotopic (exact) mass is 214 g/mol. The topological polar surface area (TPSA) is 37.3 Å². The van der Waals surface area contributed by atoms with Gasteiger partial charge in [-0.1, -0.05) is 22.0 Å². The first-order chi connectivity index (χ1) is 5.27. The first-order valence-electron chi connectivity index (χ1n) is 3.12. The summed E-state index contributed by atoms with van der Waals surface area (Å²) in [6.45, 7) is -0.104. The fourth-order valence-corrected chi connectivity index (χ4v) is 1.23. The maximum atomic E-state index is 10.4. The van der Waals surface area contributed by atoms with E-state index >= 15 is 0 Å². The van der Waals surface area contributed by atoms with Crippen LogP contribution >= 0.6 is 15.9 Å².